The van der Waals surface area contributed by atoms with E-state index >= 15 is 0 Å². The van der Waals surface area contributed by atoms with Crippen molar-refractivity contribution in [3.8, 4) is 11.5 Å². The predicted molar refractivity (Wildman–Crippen MR) is 95.8 cm³/mol. The van der Waals surface area contributed by atoms with E-state index < -0.39 is 0 Å². The number of aryl methyl sites for hydroxylation is 3. The number of rotatable bonds is 4. The van der Waals surface area contributed by atoms with Gasteiger partial charge in [0.2, 0.25) is 5.89 Å². The number of aromatic nitrogens is 2. The average molecular weight is 314 g/mol. The Labute approximate surface area is 141 Å². The Morgan fingerprint density at radius 1 is 0.917 bits per heavy atom. The molecular weight excluding hydrogens is 296 g/mol. The average Bonchev–Trinajstić information content (AvgIpc) is 3.05. The normalized spacial score (nSPS) is 11.0. The molecule has 0 aliphatic rings. The Hall–Kier alpha value is -2.94. The molecule has 3 heteroatoms. The third kappa shape index (κ3) is 3.06. The lowest BCUT2D eigenvalue weighted by Crippen LogP contribution is -1.94. The van der Waals surface area contributed by atoms with Gasteiger partial charge in [0, 0.05) is 17.5 Å². The quantitative estimate of drug-likeness (QED) is 0.533. The Morgan fingerprint density at radius 2 is 1.79 bits per heavy atom. The molecule has 0 saturated carbocycles. The fourth-order valence-corrected chi connectivity index (χ4v) is 2.75. The third-order valence-corrected chi connectivity index (χ3v) is 4.12. The SMILES string of the molecule is Cc1ccc(CCc2ccc3oc(-c4ccccc4)nc3c2)nc1. The molecule has 0 fully saturated rings. The number of pyridine rings is 1. The fourth-order valence-electron chi connectivity index (χ4n) is 2.75. The van der Waals surface area contributed by atoms with Crippen LogP contribution >= 0.6 is 0 Å². The van der Waals surface area contributed by atoms with E-state index in [2.05, 4.69) is 41.2 Å². The van der Waals surface area contributed by atoms with E-state index in [1.165, 1.54) is 11.1 Å². The van der Waals surface area contributed by atoms with Crippen molar-refractivity contribution in [2.45, 2.75) is 19.8 Å². The first kappa shape index (κ1) is 14.6. The maximum Gasteiger partial charge on any atom is 0.227 e. The van der Waals surface area contributed by atoms with Crippen LogP contribution in [0.25, 0.3) is 22.6 Å². The van der Waals surface area contributed by atoms with Gasteiger partial charge in [0.1, 0.15) is 5.52 Å². The number of benzene rings is 2. The molecule has 0 bridgehead atoms. The van der Waals surface area contributed by atoms with Gasteiger partial charge in [0.05, 0.1) is 0 Å². The zero-order valence-corrected chi connectivity index (χ0v) is 13.6. The molecule has 2 heterocycles. The minimum atomic E-state index is 0.669. The van der Waals surface area contributed by atoms with E-state index in [0.717, 1.165) is 35.2 Å². The number of oxazole rings is 1. The van der Waals surface area contributed by atoms with Gasteiger partial charge in [-0.05, 0) is 61.2 Å². The first-order valence-electron chi connectivity index (χ1n) is 8.14. The van der Waals surface area contributed by atoms with Crippen molar-refractivity contribution < 1.29 is 4.42 Å². The molecule has 3 nitrogen and oxygen atoms in total. The van der Waals surface area contributed by atoms with Crippen LogP contribution in [0.2, 0.25) is 0 Å². The van der Waals surface area contributed by atoms with Crippen molar-refractivity contribution in [2.75, 3.05) is 0 Å². The minimum Gasteiger partial charge on any atom is -0.436 e. The monoisotopic (exact) mass is 314 g/mol. The molecule has 4 aromatic rings. The molecule has 4 rings (SSSR count). The summed E-state index contributed by atoms with van der Waals surface area (Å²) in [5, 5.41) is 0. The van der Waals surface area contributed by atoms with Crippen LogP contribution in [-0.2, 0) is 12.8 Å². The Bertz CT molecular complexity index is 956. The molecule has 0 radical (unpaired) electrons. The summed E-state index contributed by atoms with van der Waals surface area (Å²) in [6.07, 6.45) is 3.79. The lowest BCUT2D eigenvalue weighted by Gasteiger charge is -2.02. The number of fused-ring (bicyclic) bond motifs is 1. The summed E-state index contributed by atoms with van der Waals surface area (Å²) in [6.45, 7) is 2.06. The fraction of sp³-hybridized carbons (Fsp3) is 0.143. The van der Waals surface area contributed by atoms with Gasteiger partial charge >= 0.3 is 0 Å². The zero-order chi connectivity index (χ0) is 16.4. The number of nitrogens with zero attached hydrogens (tertiary/aromatic N) is 2. The zero-order valence-electron chi connectivity index (χ0n) is 13.6. The molecule has 0 aliphatic heterocycles. The Kier molecular flexibility index (Phi) is 3.83. The van der Waals surface area contributed by atoms with Gasteiger partial charge in [-0.2, -0.15) is 0 Å². The van der Waals surface area contributed by atoms with Gasteiger partial charge in [0.15, 0.2) is 5.58 Å². The molecule has 24 heavy (non-hydrogen) atoms. The van der Waals surface area contributed by atoms with Crippen LogP contribution < -0.4 is 0 Å². The van der Waals surface area contributed by atoms with Crippen molar-refractivity contribution in [1.29, 1.82) is 0 Å². The van der Waals surface area contributed by atoms with Gasteiger partial charge in [0.25, 0.3) is 0 Å². The summed E-state index contributed by atoms with van der Waals surface area (Å²) in [7, 11) is 0. The summed E-state index contributed by atoms with van der Waals surface area (Å²) < 4.78 is 5.86. The van der Waals surface area contributed by atoms with Crippen molar-refractivity contribution in [2.24, 2.45) is 0 Å². The maximum absolute atomic E-state index is 5.86. The molecule has 0 aliphatic carbocycles. The number of hydrogen-bond acceptors (Lipinski definition) is 3. The van der Waals surface area contributed by atoms with Gasteiger partial charge in [-0.25, -0.2) is 4.98 Å². The molecular formula is C21H18N2O. The van der Waals surface area contributed by atoms with E-state index in [0.29, 0.717) is 5.89 Å². The van der Waals surface area contributed by atoms with Crippen molar-refractivity contribution >= 4 is 11.1 Å². The second-order valence-electron chi connectivity index (χ2n) is 6.01. The highest BCUT2D eigenvalue weighted by molar-refractivity contribution is 5.76. The summed E-state index contributed by atoms with van der Waals surface area (Å²) in [5.74, 6) is 0.669. The summed E-state index contributed by atoms with van der Waals surface area (Å²) >= 11 is 0. The highest BCUT2D eigenvalue weighted by atomic mass is 16.3. The van der Waals surface area contributed by atoms with Crippen LogP contribution in [0.1, 0.15) is 16.8 Å². The topological polar surface area (TPSA) is 38.9 Å². The van der Waals surface area contributed by atoms with E-state index in [-0.39, 0.29) is 0 Å². The Balaban J connectivity index is 1.55. The molecule has 0 amide bonds. The second kappa shape index (κ2) is 6.28. The summed E-state index contributed by atoms with van der Waals surface area (Å²) in [4.78, 5) is 9.09. The van der Waals surface area contributed by atoms with Crippen LogP contribution in [0.3, 0.4) is 0 Å². The van der Waals surface area contributed by atoms with E-state index in [1.807, 2.05) is 42.6 Å². The number of hydrogen-bond donors (Lipinski definition) is 0. The molecule has 0 N–H and O–H groups in total. The molecule has 2 aromatic carbocycles. The third-order valence-electron chi connectivity index (χ3n) is 4.12. The maximum atomic E-state index is 5.86. The van der Waals surface area contributed by atoms with Gasteiger partial charge in [-0.1, -0.05) is 30.3 Å². The van der Waals surface area contributed by atoms with Crippen molar-refractivity contribution in [1.82, 2.24) is 9.97 Å². The van der Waals surface area contributed by atoms with Crippen LogP contribution in [0, 0.1) is 6.92 Å². The van der Waals surface area contributed by atoms with Crippen LogP contribution in [0.4, 0.5) is 0 Å². The van der Waals surface area contributed by atoms with E-state index in [4.69, 9.17) is 4.42 Å². The van der Waals surface area contributed by atoms with Crippen LogP contribution in [0.15, 0.2) is 71.3 Å². The van der Waals surface area contributed by atoms with Crippen molar-refractivity contribution in [3.63, 3.8) is 0 Å². The molecule has 0 unspecified atom stereocenters. The van der Waals surface area contributed by atoms with Crippen LogP contribution in [-0.4, -0.2) is 9.97 Å². The van der Waals surface area contributed by atoms with Crippen LogP contribution in [0.5, 0.6) is 0 Å². The highest BCUT2D eigenvalue weighted by Gasteiger charge is 2.08. The van der Waals surface area contributed by atoms with Gasteiger partial charge < -0.3 is 4.42 Å². The second-order valence-corrected chi connectivity index (χ2v) is 6.01. The van der Waals surface area contributed by atoms with Gasteiger partial charge in [-0.15, -0.1) is 0 Å². The molecule has 118 valence electrons. The highest BCUT2D eigenvalue weighted by Crippen LogP contribution is 2.25. The van der Waals surface area contributed by atoms with Gasteiger partial charge in [-0.3, -0.25) is 4.98 Å². The van der Waals surface area contributed by atoms with Crippen molar-refractivity contribution in [3.05, 3.63) is 83.7 Å². The standard InChI is InChI=1S/C21H18N2O/c1-15-7-10-18(22-14-15)11-8-16-9-12-20-19(13-16)23-21(24-20)17-5-3-2-4-6-17/h2-7,9-10,12-14H,8,11H2,1H3. The summed E-state index contributed by atoms with van der Waals surface area (Å²) in [6, 6.07) is 20.4. The van der Waals surface area contributed by atoms with E-state index in [9.17, 15) is 0 Å². The molecule has 0 spiro atoms. The first-order valence-corrected chi connectivity index (χ1v) is 8.14. The largest absolute Gasteiger partial charge is 0.436 e. The molecule has 0 atom stereocenters. The smallest absolute Gasteiger partial charge is 0.227 e. The minimum absolute atomic E-state index is 0.669. The summed E-state index contributed by atoms with van der Waals surface area (Å²) in [5.41, 5.74) is 6.29. The molecule has 2 aromatic heterocycles. The lowest BCUT2D eigenvalue weighted by atomic mass is 10.1. The lowest BCUT2D eigenvalue weighted by molar-refractivity contribution is 0.620. The predicted octanol–water partition coefficient (Wildman–Crippen LogP) is 4.98. The Morgan fingerprint density at radius 3 is 2.58 bits per heavy atom. The first-order chi connectivity index (χ1) is 11.8. The van der Waals surface area contributed by atoms with E-state index in [1.54, 1.807) is 0 Å². The molecule has 0 saturated heterocycles.